The maximum atomic E-state index is 13.0. The standard InChI is InChI=1S/C22H28N2O4/c1-14(2)11-19(20(25)23-13-15-7-6-8-16(12-15)28-3)24-21(26)17-9-4-5-10-18(17)22(24)27/h4-8,12,14,17-19H,9-11,13H2,1-3H3,(H,23,25). The maximum absolute atomic E-state index is 13.0. The molecule has 1 aromatic carbocycles. The fourth-order valence-electron chi connectivity index (χ4n) is 4.00. The highest BCUT2D eigenvalue weighted by molar-refractivity contribution is 6.08. The third-order valence-corrected chi connectivity index (χ3v) is 5.45. The van der Waals surface area contributed by atoms with E-state index >= 15 is 0 Å². The first-order valence-corrected chi connectivity index (χ1v) is 9.85. The van der Waals surface area contributed by atoms with E-state index in [0.29, 0.717) is 31.6 Å². The number of hydrogen-bond donors (Lipinski definition) is 1. The molecule has 1 fully saturated rings. The molecule has 3 atom stereocenters. The highest BCUT2D eigenvalue weighted by Crippen LogP contribution is 2.37. The molecule has 1 aromatic rings. The molecule has 0 spiro atoms. The van der Waals surface area contributed by atoms with Crippen LogP contribution in [0.15, 0.2) is 36.4 Å². The first-order chi connectivity index (χ1) is 13.4. The number of imide groups is 1. The maximum Gasteiger partial charge on any atom is 0.243 e. The zero-order valence-corrected chi connectivity index (χ0v) is 16.7. The van der Waals surface area contributed by atoms with Crippen LogP contribution in [0.2, 0.25) is 0 Å². The van der Waals surface area contributed by atoms with Crippen molar-refractivity contribution < 1.29 is 19.1 Å². The van der Waals surface area contributed by atoms with Crippen LogP contribution in [0, 0.1) is 17.8 Å². The molecule has 0 saturated carbocycles. The summed E-state index contributed by atoms with van der Waals surface area (Å²) >= 11 is 0. The third kappa shape index (κ3) is 4.11. The number of ether oxygens (including phenoxy) is 1. The second-order valence-electron chi connectivity index (χ2n) is 7.92. The normalized spacial score (nSPS) is 22.4. The highest BCUT2D eigenvalue weighted by atomic mass is 16.5. The molecular formula is C22H28N2O4. The van der Waals surface area contributed by atoms with E-state index in [2.05, 4.69) is 5.32 Å². The van der Waals surface area contributed by atoms with Gasteiger partial charge in [-0.3, -0.25) is 19.3 Å². The van der Waals surface area contributed by atoms with Gasteiger partial charge in [-0.15, -0.1) is 0 Å². The van der Waals surface area contributed by atoms with Gasteiger partial charge >= 0.3 is 0 Å². The number of carbonyl (C=O) groups excluding carboxylic acids is 3. The summed E-state index contributed by atoms with van der Waals surface area (Å²) in [5, 5.41) is 2.90. The van der Waals surface area contributed by atoms with Gasteiger partial charge in [0.15, 0.2) is 0 Å². The van der Waals surface area contributed by atoms with Crippen molar-refractivity contribution in [3.05, 3.63) is 42.0 Å². The van der Waals surface area contributed by atoms with Crippen molar-refractivity contribution >= 4 is 17.7 Å². The molecule has 0 radical (unpaired) electrons. The van der Waals surface area contributed by atoms with Crippen molar-refractivity contribution in [2.75, 3.05) is 7.11 Å². The second-order valence-corrected chi connectivity index (χ2v) is 7.92. The molecule has 3 unspecified atom stereocenters. The third-order valence-electron chi connectivity index (χ3n) is 5.45. The number of carbonyl (C=O) groups is 3. The number of fused-ring (bicyclic) bond motifs is 1. The Morgan fingerprint density at radius 3 is 2.39 bits per heavy atom. The van der Waals surface area contributed by atoms with E-state index < -0.39 is 6.04 Å². The zero-order chi connectivity index (χ0) is 20.3. The quantitative estimate of drug-likeness (QED) is 0.579. The van der Waals surface area contributed by atoms with Gasteiger partial charge in [0, 0.05) is 6.54 Å². The summed E-state index contributed by atoms with van der Waals surface area (Å²) in [5.74, 6) is -0.453. The number of hydrogen-bond acceptors (Lipinski definition) is 4. The number of allylic oxidation sites excluding steroid dienone is 2. The Morgan fingerprint density at radius 2 is 1.82 bits per heavy atom. The van der Waals surface area contributed by atoms with Crippen LogP contribution < -0.4 is 10.1 Å². The van der Waals surface area contributed by atoms with Gasteiger partial charge < -0.3 is 10.1 Å². The first kappa shape index (κ1) is 20.1. The summed E-state index contributed by atoms with van der Waals surface area (Å²) in [6.45, 7) is 4.29. The van der Waals surface area contributed by atoms with Gasteiger partial charge in [-0.05, 0) is 42.9 Å². The summed E-state index contributed by atoms with van der Waals surface area (Å²) in [7, 11) is 1.59. The Morgan fingerprint density at radius 1 is 1.18 bits per heavy atom. The lowest BCUT2D eigenvalue weighted by Crippen LogP contribution is -2.50. The molecule has 28 heavy (non-hydrogen) atoms. The van der Waals surface area contributed by atoms with Crippen LogP contribution in [-0.4, -0.2) is 35.8 Å². The van der Waals surface area contributed by atoms with Crippen molar-refractivity contribution in [3.63, 3.8) is 0 Å². The molecule has 3 amide bonds. The minimum absolute atomic E-state index is 0.175. The molecule has 1 aliphatic carbocycles. The molecule has 6 nitrogen and oxygen atoms in total. The number of methoxy groups -OCH3 is 1. The summed E-state index contributed by atoms with van der Waals surface area (Å²) in [6.07, 6.45) is 5.51. The zero-order valence-electron chi connectivity index (χ0n) is 16.7. The fraction of sp³-hybridized carbons (Fsp3) is 0.500. The second kappa shape index (κ2) is 8.59. The lowest BCUT2D eigenvalue weighted by atomic mass is 9.85. The number of benzene rings is 1. The Hall–Kier alpha value is -2.63. The number of rotatable bonds is 7. The first-order valence-electron chi connectivity index (χ1n) is 9.85. The number of nitrogens with zero attached hydrogens (tertiary/aromatic N) is 1. The predicted octanol–water partition coefficient (Wildman–Crippen LogP) is 2.68. The van der Waals surface area contributed by atoms with E-state index in [0.717, 1.165) is 5.56 Å². The number of nitrogens with one attached hydrogen (secondary N) is 1. The smallest absolute Gasteiger partial charge is 0.243 e. The Labute approximate surface area is 165 Å². The average molecular weight is 384 g/mol. The molecule has 1 saturated heterocycles. The molecule has 0 aromatic heterocycles. The highest BCUT2D eigenvalue weighted by Gasteiger charge is 2.51. The summed E-state index contributed by atoms with van der Waals surface area (Å²) < 4.78 is 5.21. The van der Waals surface area contributed by atoms with Gasteiger partial charge in [-0.25, -0.2) is 0 Å². The Bertz CT molecular complexity index is 760. The molecule has 0 bridgehead atoms. The van der Waals surface area contributed by atoms with Crippen molar-refractivity contribution in [3.8, 4) is 5.75 Å². The van der Waals surface area contributed by atoms with Crippen molar-refractivity contribution in [2.45, 2.75) is 45.7 Å². The van der Waals surface area contributed by atoms with Crippen molar-refractivity contribution in [1.82, 2.24) is 10.2 Å². The predicted molar refractivity (Wildman–Crippen MR) is 105 cm³/mol. The molecule has 6 heteroatoms. The molecule has 1 heterocycles. The molecule has 1 N–H and O–H groups in total. The van der Waals surface area contributed by atoms with Crippen LogP contribution >= 0.6 is 0 Å². The van der Waals surface area contributed by atoms with Crippen LogP contribution in [-0.2, 0) is 20.9 Å². The van der Waals surface area contributed by atoms with Gasteiger partial charge in [0.05, 0.1) is 18.9 Å². The van der Waals surface area contributed by atoms with Crippen molar-refractivity contribution in [2.24, 2.45) is 17.8 Å². The van der Waals surface area contributed by atoms with E-state index in [4.69, 9.17) is 4.74 Å². The average Bonchev–Trinajstić information content (AvgIpc) is 2.95. The van der Waals surface area contributed by atoms with Crippen LogP contribution in [0.1, 0.15) is 38.7 Å². The fourth-order valence-corrected chi connectivity index (χ4v) is 4.00. The largest absolute Gasteiger partial charge is 0.497 e. The van der Waals surface area contributed by atoms with Crippen LogP contribution in [0.3, 0.4) is 0 Å². The lowest BCUT2D eigenvalue weighted by molar-refractivity contribution is -0.148. The summed E-state index contributed by atoms with van der Waals surface area (Å²) in [6, 6.07) is 6.68. The van der Waals surface area contributed by atoms with Gasteiger partial charge in [-0.1, -0.05) is 38.1 Å². The minimum atomic E-state index is -0.767. The van der Waals surface area contributed by atoms with Crippen molar-refractivity contribution in [1.29, 1.82) is 0 Å². The molecule has 1 aliphatic heterocycles. The molecule has 150 valence electrons. The van der Waals surface area contributed by atoms with Gasteiger partial charge in [0.25, 0.3) is 0 Å². The van der Waals surface area contributed by atoms with Gasteiger partial charge in [-0.2, -0.15) is 0 Å². The van der Waals surface area contributed by atoms with E-state index in [1.165, 1.54) is 4.90 Å². The van der Waals surface area contributed by atoms with Crippen LogP contribution in [0.5, 0.6) is 5.75 Å². The number of likely N-dealkylation sites (tertiary alicyclic amines) is 1. The monoisotopic (exact) mass is 384 g/mol. The molecule has 2 aliphatic rings. The van der Waals surface area contributed by atoms with Gasteiger partial charge in [0.2, 0.25) is 17.7 Å². The van der Waals surface area contributed by atoms with Crippen LogP contribution in [0.4, 0.5) is 0 Å². The summed E-state index contributed by atoms with van der Waals surface area (Å²) in [4.78, 5) is 40.0. The summed E-state index contributed by atoms with van der Waals surface area (Å²) in [5.41, 5.74) is 0.896. The van der Waals surface area contributed by atoms with Gasteiger partial charge in [0.1, 0.15) is 11.8 Å². The molecule has 3 rings (SSSR count). The topological polar surface area (TPSA) is 75.7 Å². The van der Waals surface area contributed by atoms with E-state index in [1.807, 2.05) is 50.3 Å². The number of amides is 3. The Balaban J connectivity index is 1.75. The minimum Gasteiger partial charge on any atom is -0.497 e. The SMILES string of the molecule is COc1cccc(CNC(=O)C(CC(C)C)N2C(=O)C3CC=CCC3C2=O)c1. The van der Waals surface area contributed by atoms with E-state index in [-0.39, 0.29) is 35.5 Å². The molecular weight excluding hydrogens is 356 g/mol. The lowest BCUT2D eigenvalue weighted by Gasteiger charge is -2.27. The van der Waals surface area contributed by atoms with Crippen LogP contribution in [0.25, 0.3) is 0 Å². The van der Waals surface area contributed by atoms with E-state index in [1.54, 1.807) is 7.11 Å². The van der Waals surface area contributed by atoms with E-state index in [9.17, 15) is 14.4 Å². The Kier molecular flexibility index (Phi) is 6.17.